The number of carbonyl (C=O) groups is 1. The highest BCUT2D eigenvalue weighted by atomic mass is 79.9. The molecule has 3 nitrogen and oxygen atoms in total. The lowest BCUT2D eigenvalue weighted by atomic mass is 9.92. The molecule has 1 unspecified atom stereocenters. The third kappa shape index (κ3) is 4.77. The Morgan fingerprint density at radius 3 is 2.71 bits per heavy atom. The Bertz CT molecular complexity index is 388. The van der Waals surface area contributed by atoms with Gasteiger partial charge in [-0.2, -0.15) is 0 Å². The lowest BCUT2D eigenvalue weighted by Crippen LogP contribution is -2.44. The van der Waals surface area contributed by atoms with Gasteiger partial charge in [-0.15, -0.1) is 11.3 Å². The van der Waals surface area contributed by atoms with Crippen LogP contribution in [-0.4, -0.2) is 23.2 Å². The fourth-order valence-corrected chi connectivity index (χ4v) is 2.63. The first kappa shape index (κ1) is 14.7. The predicted octanol–water partition coefficient (Wildman–Crippen LogP) is 2.58. The number of rotatable bonds is 5. The van der Waals surface area contributed by atoms with Crippen molar-refractivity contribution in [2.45, 2.75) is 32.8 Å². The van der Waals surface area contributed by atoms with E-state index in [-0.39, 0.29) is 18.4 Å². The van der Waals surface area contributed by atoms with Crippen LogP contribution in [0.1, 0.15) is 25.6 Å². The van der Waals surface area contributed by atoms with Gasteiger partial charge in [0.25, 0.3) is 0 Å². The molecule has 0 radical (unpaired) electrons. The maximum Gasteiger partial charge on any atom is 0.225 e. The van der Waals surface area contributed by atoms with Crippen molar-refractivity contribution in [3.8, 4) is 0 Å². The summed E-state index contributed by atoms with van der Waals surface area (Å²) in [5.74, 6) is 0.0546. The van der Waals surface area contributed by atoms with Crippen molar-refractivity contribution in [1.29, 1.82) is 0 Å². The molecule has 0 spiro atoms. The summed E-state index contributed by atoms with van der Waals surface area (Å²) < 4.78 is 1.02. The van der Waals surface area contributed by atoms with Crippen molar-refractivity contribution in [1.82, 2.24) is 5.32 Å². The van der Waals surface area contributed by atoms with E-state index in [0.29, 0.717) is 6.42 Å². The molecule has 17 heavy (non-hydrogen) atoms. The van der Waals surface area contributed by atoms with E-state index in [1.54, 1.807) is 18.3 Å². The summed E-state index contributed by atoms with van der Waals surface area (Å²) in [4.78, 5) is 12.7. The van der Waals surface area contributed by atoms with E-state index in [0.717, 1.165) is 8.66 Å². The summed E-state index contributed by atoms with van der Waals surface area (Å²) in [6.45, 7) is 5.89. The minimum atomic E-state index is -0.855. The van der Waals surface area contributed by atoms with Gasteiger partial charge < -0.3 is 10.4 Å². The van der Waals surface area contributed by atoms with Crippen LogP contribution >= 0.6 is 27.3 Å². The summed E-state index contributed by atoms with van der Waals surface area (Å²) in [6.07, 6.45) is 0.366. The molecule has 1 heterocycles. The molecule has 2 N–H and O–H groups in total. The minimum absolute atomic E-state index is 0.0553. The van der Waals surface area contributed by atoms with Gasteiger partial charge in [-0.05, 0) is 40.9 Å². The quantitative estimate of drug-likeness (QED) is 0.876. The summed E-state index contributed by atoms with van der Waals surface area (Å²) in [6, 6.07) is 3.85. The third-order valence-corrected chi connectivity index (χ3v) is 4.47. The van der Waals surface area contributed by atoms with Crippen molar-refractivity contribution < 1.29 is 9.90 Å². The summed E-state index contributed by atoms with van der Waals surface area (Å²) in [5, 5.41) is 12.8. The van der Waals surface area contributed by atoms with E-state index >= 15 is 0 Å². The number of hydrogen-bond donors (Lipinski definition) is 2. The monoisotopic (exact) mass is 319 g/mol. The smallest absolute Gasteiger partial charge is 0.225 e. The number of nitrogens with one attached hydrogen (secondary N) is 1. The Labute approximate surface area is 114 Å². The van der Waals surface area contributed by atoms with Crippen molar-refractivity contribution in [3.05, 3.63) is 20.8 Å². The highest BCUT2D eigenvalue weighted by molar-refractivity contribution is 9.11. The van der Waals surface area contributed by atoms with E-state index in [2.05, 4.69) is 21.2 Å². The zero-order chi connectivity index (χ0) is 13.1. The Morgan fingerprint density at radius 1 is 1.59 bits per heavy atom. The summed E-state index contributed by atoms with van der Waals surface area (Å²) >= 11 is 4.91. The first-order chi connectivity index (χ1) is 7.81. The van der Waals surface area contributed by atoms with Crippen molar-refractivity contribution in [3.63, 3.8) is 0 Å². The van der Waals surface area contributed by atoms with Crippen LogP contribution in [0.25, 0.3) is 0 Å². The second-order valence-corrected chi connectivity index (χ2v) is 7.22. The summed E-state index contributed by atoms with van der Waals surface area (Å²) in [7, 11) is 0. The van der Waals surface area contributed by atoms with Gasteiger partial charge in [-0.1, -0.05) is 13.8 Å². The molecule has 0 aliphatic rings. The molecule has 0 aromatic carbocycles. The van der Waals surface area contributed by atoms with E-state index in [4.69, 9.17) is 0 Å². The molecule has 1 aromatic rings. The van der Waals surface area contributed by atoms with Crippen molar-refractivity contribution in [2.75, 3.05) is 6.54 Å². The fourth-order valence-electron chi connectivity index (χ4n) is 1.15. The molecule has 1 amide bonds. The maximum atomic E-state index is 11.7. The molecular weight excluding hydrogens is 302 g/mol. The molecular formula is C12H18BrNO2S. The number of hydrogen-bond acceptors (Lipinski definition) is 3. The molecule has 5 heteroatoms. The Kier molecular flexibility index (Phi) is 5.16. The van der Waals surface area contributed by atoms with E-state index < -0.39 is 5.60 Å². The van der Waals surface area contributed by atoms with Gasteiger partial charge in [0.1, 0.15) is 0 Å². The number of thiophene rings is 1. The first-order valence-electron chi connectivity index (χ1n) is 5.54. The molecule has 1 atom stereocenters. The molecule has 0 aliphatic heterocycles. The fraction of sp³-hybridized carbons (Fsp3) is 0.583. The van der Waals surface area contributed by atoms with E-state index in [1.165, 1.54) is 0 Å². The molecule has 1 aromatic heterocycles. The van der Waals surface area contributed by atoms with E-state index in [1.807, 2.05) is 26.0 Å². The SMILES string of the molecule is CC(C)C(C)(O)CNC(=O)Cc1ccc(Br)s1. The molecule has 0 saturated carbocycles. The standard InChI is InChI=1S/C12H18BrNO2S/c1-8(2)12(3,16)7-14-11(15)6-9-4-5-10(13)17-9/h4-5,8,16H,6-7H2,1-3H3,(H,14,15). The van der Waals surface area contributed by atoms with Crippen LogP contribution in [0, 0.1) is 5.92 Å². The first-order valence-corrected chi connectivity index (χ1v) is 7.15. The second-order valence-electron chi connectivity index (χ2n) is 4.67. The lowest BCUT2D eigenvalue weighted by molar-refractivity contribution is -0.121. The third-order valence-electron chi connectivity index (χ3n) is 2.85. The van der Waals surface area contributed by atoms with Crippen molar-refractivity contribution >= 4 is 33.2 Å². The van der Waals surface area contributed by atoms with Gasteiger partial charge in [-0.3, -0.25) is 4.79 Å². The molecule has 0 aliphatic carbocycles. The number of aliphatic hydroxyl groups is 1. The van der Waals surface area contributed by atoms with Crippen LogP contribution in [0.2, 0.25) is 0 Å². The van der Waals surface area contributed by atoms with Crippen LogP contribution in [0.4, 0.5) is 0 Å². The molecule has 0 fully saturated rings. The number of amides is 1. The minimum Gasteiger partial charge on any atom is -0.388 e. The predicted molar refractivity (Wildman–Crippen MR) is 74.2 cm³/mol. The summed E-state index contributed by atoms with van der Waals surface area (Å²) in [5.41, 5.74) is -0.855. The van der Waals surface area contributed by atoms with Gasteiger partial charge in [0.2, 0.25) is 5.91 Å². The highest BCUT2D eigenvalue weighted by Gasteiger charge is 2.25. The van der Waals surface area contributed by atoms with Crippen LogP contribution in [0.5, 0.6) is 0 Å². The average Bonchev–Trinajstić information content (AvgIpc) is 2.61. The lowest BCUT2D eigenvalue weighted by Gasteiger charge is -2.27. The maximum absolute atomic E-state index is 11.7. The van der Waals surface area contributed by atoms with Crippen LogP contribution in [0.3, 0.4) is 0 Å². The second kappa shape index (κ2) is 5.98. The van der Waals surface area contributed by atoms with Crippen LogP contribution in [0.15, 0.2) is 15.9 Å². The van der Waals surface area contributed by atoms with Gasteiger partial charge in [0.05, 0.1) is 15.8 Å². The van der Waals surface area contributed by atoms with Gasteiger partial charge in [0, 0.05) is 11.4 Å². The Morgan fingerprint density at radius 2 is 2.24 bits per heavy atom. The highest BCUT2D eigenvalue weighted by Crippen LogP contribution is 2.22. The topological polar surface area (TPSA) is 49.3 Å². The molecule has 1 rings (SSSR count). The zero-order valence-corrected chi connectivity index (χ0v) is 12.7. The van der Waals surface area contributed by atoms with Gasteiger partial charge >= 0.3 is 0 Å². The van der Waals surface area contributed by atoms with Crippen LogP contribution in [-0.2, 0) is 11.2 Å². The van der Waals surface area contributed by atoms with Crippen LogP contribution < -0.4 is 5.32 Å². The normalized spacial score (nSPS) is 14.7. The largest absolute Gasteiger partial charge is 0.388 e. The Hall–Kier alpha value is -0.390. The van der Waals surface area contributed by atoms with Gasteiger partial charge in [0.15, 0.2) is 0 Å². The number of carbonyl (C=O) groups excluding carboxylic acids is 1. The van der Waals surface area contributed by atoms with Crippen molar-refractivity contribution in [2.24, 2.45) is 5.92 Å². The zero-order valence-electron chi connectivity index (χ0n) is 10.3. The molecule has 96 valence electrons. The number of halogens is 1. The van der Waals surface area contributed by atoms with E-state index in [9.17, 15) is 9.90 Å². The molecule has 0 saturated heterocycles. The molecule has 0 bridgehead atoms. The van der Waals surface area contributed by atoms with Gasteiger partial charge in [-0.25, -0.2) is 0 Å². The average molecular weight is 320 g/mol. The Balaban J connectivity index is 2.41.